The molecule has 7 heteroatoms. The van der Waals surface area contributed by atoms with E-state index in [9.17, 15) is 8.42 Å². The van der Waals surface area contributed by atoms with Crippen LogP contribution >= 0.6 is 0 Å². The standard InChI is InChI=1S/C18H14N4O2S/c19-12-5-8-14(9-6-12)25(23,24)22-13-7-10-17-18(11-13)21-16-4-2-1-3-15(16)20-17/h1-11,22H,19H2. The number of sulfonamides is 1. The van der Waals surface area contributed by atoms with Crippen LogP contribution in [0.5, 0.6) is 0 Å². The zero-order valence-corrected chi connectivity index (χ0v) is 13.9. The van der Waals surface area contributed by atoms with E-state index in [1.807, 2.05) is 24.3 Å². The third-order valence-corrected chi connectivity index (χ3v) is 5.18. The van der Waals surface area contributed by atoms with E-state index in [4.69, 9.17) is 5.73 Å². The lowest BCUT2D eigenvalue weighted by atomic mass is 10.2. The molecular weight excluding hydrogens is 336 g/mol. The summed E-state index contributed by atoms with van der Waals surface area (Å²) >= 11 is 0. The summed E-state index contributed by atoms with van der Waals surface area (Å²) in [5.41, 5.74) is 9.41. The van der Waals surface area contributed by atoms with Gasteiger partial charge in [-0.15, -0.1) is 0 Å². The SMILES string of the molecule is Nc1ccc(S(=O)(=O)Nc2ccc3nc4ccccc4nc3c2)cc1. The van der Waals surface area contributed by atoms with Gasteiger partial charge in [-0.2, -0.15) is 0 Å². The van der Waals surface area contributed by atoms with E-state index in [1.165, 1.54) is 12.1 Å². The molecular formula is C18H14N4O2S. The van der Waals surface area contributed by atoms with Crippen molar-refractivity contribution in [2.24, 2.45) is 0 Å². The summed E-state index contributed by atoms with van der Waals surface area (Å²) in [6, 6.07) is 18.7. The zero-order chi connectivity index (χ0) is 17.4. The van der Waals surface area contributed by atoms with Gasteiger partial charge < -0.3 is 5.73 Å². The zero-order valence-electron chi connectivity index (χ0n) is 13.0. The fraction of sp³-hybridized carbons (Fsp3) is 0. The van der Waals surface area contributed by atoms with Crippen LogP contribution in [0, 0.1) is 0 Å². The minimum absolute atomic E-state index is 0.145. The Morgan fingerprint density at radius 3 is 2.04 bits per heavy atom. The summed E-state index contributed by atoms with van der Waals surface area (Å²) in [5, 5.41) is 0. The lowest BCUT2D eigenvalue weighted by molar-refractivity contribution is 0.601. The second-order valence-corrected chi connectivity index (χ2v) is 7.27. The van der Waals surface area contributed by atoms with Crippen LogP contribution in [-0.4, -0.2) is 18.4 Å². The maximum atomic E-state index is 12.5. The second-order valence-electron chi connectivity index (χ2n) is 5.59. The van der Waals surface area contributed by atoms with Gasteiger partial charge in [-0.05, 0) is 54.6 Å². The third-order valence-electron chi connectivity index (χ3n) is 3.78. The number of hydrogen-bond acceptors (Lipinski definition) is 5. The Kier molecular flexibility index (Phi) is 3.51. The van der Waals surface area contributed by atoms with Crippen LogP contribution in [0.3, 0.4) is 0 Å². The molecule has 1 heterocycles. The first-order valence-electron chi connectivity index (χ1n) is 7.56. The van der Waals surface area contributed by atoms with Gasteiger partial charge in [0.2, 0.25) is 0 Å². The van der Waals surface area contributed by atoms with Gasteiger partial charge in [0.1, 0.15) is 0 Å². The fourth-order valence-corrected chi connectivity index (χ4v) is 3.59. The van der Waals surface area contributed by atoms with Crippen LogP contribution in [0.25, 0.3) is 22.1 Å². The Balaban J connectivity index is 1.74. The van der Waals surface area contributed by atoms with Crippen molar-refractivity contribution in [2.75, 3.05) is 10.5 Å². The van der Waals surface area contributed by atoms with Crippen LogP contribution < -0.4 is 10.5 Å². The first-order chi connectivity index (χ1) is 12.0. The topological polar surface area (TPSA) is 98.0 Å². The molecule has 0 unspecified atom stereocenters. The fourth-order valence-electron chi connectivity index (χ4n) is 2.54. The van der Waals surface area contributed by atoms with E-state index in [0.717, 1.165) is 11.0 Å². The van der Waals surface area contributed by atoms with Gasteiger partial charge in [-0.1, -0.05) is 12.1 Å². The molecule has 0 amide bonds. The predicted molar refractivity (Wildman–Crippen MR) is 98.7 cm³/mol. The first-order valence-corrected chi connectivity index (χ1v) is 9.04. The Labute approximate surface area is 144 Å². The van der Waals surface area contributed by atoms with E-state index in [1.54, 1.807) is 30.3 Å². The summed E-state index contributed by atoms with van der Waals surface area (Å²) in [7, 11) is -3.69. The smallest absolute Gasteiger partial charge is 0.261 e. The Bertz CT molecular complexity index is 1190. The molecule has 0 radical (unpaired) electrons. The van der Waals surface area contributed by atoms with E-state index >= 15 is 0 Å². The number of para-hydroxylation sites is 2. The molecule has 0 fully saturated rings. The summed E-state index contributed by atoms with van der Waals surface area (Å²) in [5.74, 6) is 0. The number of hydrogen-bond donors (Lipinski definition) is 2. The first kappa shape index (κ1) is 15.3. The largest absolute Gasteiger partial charge is 0.399 e. The summed E-state index contributed by atoms with van der Waals surface area (Å²) < 4.78 is 27.5. The average Bonchev–Trinajstić information content (AvgIpc) is 2.60. The van der Waals surface area contributed by atoms with Crippen molar-refractivity contribution in [3.63, 3.8) is 0 Å². The molecule has 1 aromatic heterocycles. The van der Waals surface area contributed by atoms with Gasteiger partial charge in [0.25, 0.3) is 10.0 Å². The number of nitrogens with two attached hydrogens (primary N) is 1. The highest BCUT2D eigenvalue weighted by Crippen LogP contribution is 2.22. The number of aromatic nitrogens is 2. The van der Waals surface area contributed by atoms with Gasteiger partial charge in [-0.25, -0.2) is 18.4 Å². The molecule has 0 spiro atoms. The van der Waals surface area contributed by atoms with Crippen LogP contribution in [0.1, 0.15) is 0 Å². The number of nitrogens with zero attached hydrogens (tertiary/aromatic N) is 2. The number of fused-ring (bicyclic) bond motifs is 2. The van der Waals surface area contributed by atoms with Gasteiger partial charge >= 0.3 is 0 Å². The highest BCUT2D eigenvalue weighted by molar-refractivity contribution is 7.92. The van der Waals surface area contributed by atoms with Crippen LogP contribution in [0.15, 0.2) is 71.6 Å². The molecule has 0 saturated carbocycles. The number of nitrogen functional groups attached to an aromatic ring is 1. The number of nitrogens with one attached hydrogen (secondary N) is 1. The molecule has 3 aromatic carbocycles. The highest BCUT2D eigenvalue weighted by atomic mass is 32.2. The van der Waals surface area contributed by atoms with Gasteiger partial charge in [0.05, 0.1) is 32.6 Å². The van der Waals surface area contributed by atoms with Gasteiger partial charge in [0.15, 0.2) is 0 Å². The monoisotopic (exact) mass is 350 g/mol. The number of anilines is 2. The van der Waals surface area contributed by atoms with E-state index < -0.39 is 10.0 Å². The highest BCUT2D eigenvalue weighted by Gasteiger charge is 2.14. The van der Waals surface area contributed by atoms with Crippen molar-refractivity contribution in [2.45, 2.75) is 4.90 Å². The Morgan fingerprint density at radius 2 is 1.36 bits per heavy atom. The Hall–Kier alpha value is -3.19. The van der Waals surface area contributed by atoms with Crippen molar-refractivity contribution in [1.82, 2.24) is 9.97 Å². The predicted octanol–water partition coefficient (Wildman–Crippen LogP) is 3.17. The maximum Gasteiger partial charge on any atom is 0.261 e. The van der Waals surface area contributed by atoms with Gasteiger partial charge in [-0.3, -0.25) is 4.72 Å². The maximum absolute atomic E-state index is 12.5. The summed E-state index contributed by atoms with van der Waals surface area (Å²) in [6.07, 6.45) is 0. The summed E-state index contributed by atoms with van der Waals surface area (Å²) in [6.45, 7) is 0. The molecule has 6 nitrogen and oxygen atoms in total. The van der Waals surface area contributed by atoms with Crippen molar-refractivity contribution >= 4 is 43.5 Å². The van der Waals surface area contributed by atoms with Crippen LogP contribution in [-0.2, 0) is 10.0 Å². The lowest BCUT2D eigenvalue weighted by Crippen LogP contribution is -2.13. The molecule has 0 saturated heterocycles. The summed E-state index contributed by atoms with van der Waals surface area (Å²) in [4.78, 5) is 9.21. The van der Waals surface area contributed by atoms with Crippen LogP contribution in [0.2, 0.25) is 0 Å². The van der Waals surface area contributed by atoms with Crippen molar-refractivity contribution in [3.8, 4) is 0 Å². The molecule has 0 aliphatic carbocycles. The Morgan fingerprint density at radius 1 is 0.760 bits per heavy atom. The van der Waals surface area contributed by atoms with Crippen molar-refractivity contribution < 1.29 is 8.42 Å². The van der Waals surface area contributed by atoms with E-state index in [0.29, 0.717) is 22.4 Å². The minimum Gasteiger partial charge on any atom is -0.399 e. The molecule has 25 heavy (non-hydrogen) atoms. The quantitative estimate of drug-likeness (QED) is 0.437. The van der Waals surface area contributed by atoms with Crippen molar-refractivity contribution in [1.29, 1.82) is 0 Å². The molecule has 4 aromatic rings. The van der Waals surface area contributed by atoms with Crippen LogP contribution in [0.4, 0.5) is 11.4 Å². The average molecular weight is 350 g/mol. The van der Waals surface area contributed by atoms with E-state index in [2.05, 4.69) is 14.7 Å². The molecule has 0 aliphatic heterocycles. The molecule has 4 rings (SSSR count). The molecule has 124 valence electrons. The lowest BCUT2D eigenvalue weighted by Gasteiger charge is -2.09. The number of rotatable bonds is 3. The molecule has 0 atom stereocenters. The van der Waals surface area contributed by atoms with Crippen molar-refractivity contribution in [3.05, 3.63) is 66.7 Å². The normalized spacial score (nSPS) is 11.7. The second kappa shape index (κ2) is 5.71. The molecule has 0 bridgehead atoms. The molecule has 3 N–H and O–H groups in total. The van der Waals surface area contributed by atoms with E-state index in [-0.39, 0.29) is 4.90 Å². The number of benzene rings is 3. The third kappa shape index (κ3) is 2.97. The molecule has 0 aliphatic rings. The minimum atomic E-state index is -3.69. The van der Waals surface area contributed by atoms with Gasteiger partial charge in [0, 0.05) is 5.69 Å².